The van der Waals surface area contributed by atoms with Crippen LogP contribution in [0.5, 0.6) is 0 Å². The van der Waals surface area contributed by atoms with Crippen molar-refractivity contribution in [2.75, 3.05) is 32.8 Å². The zero-order valence-corrected chi connectivity index (χ0v) is 47.0. The number of nitrogens with one attached hydrogen (secondary N) is 9. The number of benzene rings is 1. The molecule has 25 nitrogen and oxygen atoms in total. The molecule has 0 bridgehead atoms. The number of aliphatic hydroxyl groups is 1. The number of nitrogens with two attached hydrogens (primary N) is 3. The van der Waals surface area contributed by atoms with Gasteiger partial charge in [0, 0.05) is 50.2 Å². The van der Waals surface area contributed by atoms with Crippen LogP contribution in [0, 0.1) is 0 Å². The third-order valence-corrected chi connectivity index (χ3v) is 13.1. The number of amides is 8. The Morgan fingerprint density at radius 3 is 1.65 bits per heavy atom. The number of nitrogens with zero attached hydrogens (tertiary/aromatic N) is 2. The Labute approximate surface area is 470 Å². The van der Waals surface area contributed by atoms with E-state index in [-0.39, 0.29) is 69.8 Å². The maximum absolute atomic E-state index is 14.4. The Morgan fingerprint density at radius 1 is 0.575 bits per heavy atom. The minimum absolute atomic E-state index is 0.0202. The molecule has 0 aliphatic carbocycles. The molecular formula is C55H92N14O11. The molecule has 6 atom stereocenters. The Bertz CT molecular complexity index is 2180. The maximum atomic E-state index is 14.4. The number of hydrogen-bond donors (Lipinski definition) is 14. The summed E-state index contributed by atoms with van der Waals surface area (Å²) in [6, 6.07) is 1.50. The highest BCUT2D eigenvalue weighted by molar-refractivity contribution is 5.97. The van der Waals surface area contributed by atoms with Gasteiger partial charge in [0.1, 0.15) is 30.2 Å². The van der Waals surface area contributed by atoms with E-state index in [1.165, 1.54) is 70.3 Å². The Hall–Kier alpha value is -7.15. The number of carboxylic acid groups (broad SMARTS) is 1. The van der Waals surface area contributed by atoms with Crippen LogP contribution in [-0.2, 0) is 56.0 Å². The topological polar surface area (TPSA) is 409 Å². The van der Waals surface area contributed by atoms with Crippen LogP contribution in [-0.4, -0.2) is 148 Å². The molecule has 1 aromatic carbocycles. The molecule has 0 fully saturated rings. The molecule has 0 aliphatic heterocycles. The number of guanidine groups is 1. The lowest BCUT2D eigenvalue weighted by atomic mass is 10.0. The molecule has 80 heavy (non-hydrogen) atoms. The molecule has 25 heteroatoms. The molecule has 0 saturated carbocycles. The van der Waals surface area contributed by atoms with E-state index in [0.717, 1.165) is 19.3 Å². The minimum Gasteiger partial charge on any atom is -0.481 e. The van der Waals surface area contributed by atoms with Crippen LogP contribution in [0.1, 0.15) is 160 Å². The van der Waals surface area contributed by atoms with E-state index in [9.17, 15) is 48.3 Å². The average molecular weight is 1130 g/mol. The highest BCUT2D eigenvalue weighted by Gasteiger charge is 2.32. The fraction of sp³-hybridized carbons (Fsp3) is 0.655. The van der Waals surface area contributed by atoms with E-state index in [2.05, 4.69) is 64.4 Å². The standard InChI is InChI=1S/C55H92N14O11/c1-3-4-5-6-7-8-9-10-11-12-13-14-18-26-46(71)61-34-47(72)66-45(36-70)50(76)62-35-48(73)65-44(32-40-33-59-37-63-40)54(80)69-43(31-39-22-16-15-17-23-39)53(79)68-42(25-21-30-60-55(57)58)52(78)67-41(24-19-20-29-56)51(77)64-38(2)27-28-49(74)75/h15-17,22-23,33,37-38,41-45,70H,3-14,18-21,24-32,34-36,56H2,1-2H3,(H,59,63)(H,61,71)(H,62,76)(H,64,77)(H,65,73)(H,66,72)(H,67,78)(H,68,79)(H,69,80)(H,74,75)(H4,57,58,60)/t38-,41+,42+,43+,44+,45+/m1/s1. The number of carbonyl (C=O) groups excluding carboxylic acids is 8. The summed E-state index contributed by atoms with van der Waals surface area (Å²) in [5.41, 5.74) is 17.8. The molecule has 448 valence electrons. The molecule has 17 N–H and O–H groups in total. The number of rotatable bonds is 45. The monoisotopic (exact) mass is 1120 g/mol. The van der Waals surface area contributed by atoms with Crippen LogP contribution < -0.4 is 59.7 Å². The smallest absolute Gasteiger partial charge is 0.303 e. The molecule has 2 rings (SSSR count). The summed E-state index contributed by atoms with van der Waals surface area (Å²) in [5.74, 6) is -7.02. The van der Waals surface area contributed by atoms with Gasteiger partial charge >= 0.3 is 5.97 Å². The van der Waals surface area contributed by atoms with Gasteiger partial charge in [-0.05, 0) is 64.0 Å². The summed E-state index contributed by atoms with van der Waals surface area (Å²) in [6.45, 7) is 2.29. The Morgan fingerprint density at radius 2 is 1.10 bits per heavy atom. The van der Waals surface area contributed by atoms with Crippen LogP contribution in [0.2, 0.25) is 0 Å². The molecule has 0 saturated heterocycles. The van der Waals surface area contributed by atoms with Gasteiger partial charge in [-0.25, -0.2) is 4.98 Å². The SMILES string of the molecule is CCCCCCCCCCCCCCCC(=O)NCC(=O)N[C@@H](CO)C(=O)NCC(=O)N[C@@H](Cc1cnc[nH]1)C(=O)N[C@@H](Cc1ccccc1)C(=O)N[C@@H](CCCN=C(N)N)C(=O)N[C@@H](CCCCN)C(=O)N[C@H](C)CCC(=O)O. The van der Waals surface area contributed by atoms with Gasteiger partial charge in [0.2, 0.25) is 47.3 Å². The van der Waals surface area contributed by atoms with Crippen LogP contribution in [0.3, 0.4) is 0 Å². The lowest BCUT2D eigenvalue weighted by Gasteiger charge is -2.27. The predicted molar refractivity (Wildman–Crippen MR) is 303 cm³/mol. The summed E-state index contributed by atoms with van der Waals surface area (Å²) < 4.78 is 0. The highest BCUT2D eigenvalue weighted by Crippen LogP contribution is 2.14. The molecular weight excluding hydrogens is 1030 g/mol. The predicted octanol–water partition coefficient (Wildman–Crippen LogP) is 0.877. The van der Waals surface area contributed by atoms with Crippen molar-refractivity contribution in [2.45, 2.75) is 198 Å². The molecule has 0 radical (unpaired) electrons. The van der Waals surface area contributed by atoms with E-state index in [0.29, 0.717) is 37.1 Å². The molecule has 8 amide bonds. The van der Waals surface area contributed by atoms with E-state index in [1.807, 2.05) is 0 Å². The first kappa shape index (κ1) is 69.0. The number of aromatic amines is 1. The van der Waals surface area contributed by atoms with Gasteiger partial charge in [-0.3, -0.25) is 48.1 Å². The van der Waals surface area contributed by atoms with Crippen LogP contribution in [0.4, 0.5) is 0 Å². The van der Waals surface area contributed by atoms with Gasteiger partial charge in [-0.1, -0.05) is 114 Å². The van der Waals surface area contributed by atoms with E-state index in [1.54, 1.807) is 37.3 Å². The van der Waals surface area contributed by atoms with Crippen LogP contribution in [0.15, 0.2) is 47.8 Å². The van der Waals surface area contributed by atoms with Gasteiger partial charge in [0.25, 0.3) is 0 Å². The second kappa shape index (κ2) is 41.8. The minimum atomic E-state index is -1.48. The zero-order valence-electron chi connectivity index (χ0n) is 47.0. The normalized spacial score (nSPS) is 13.2. The van der Waals surface area contributed by atoms with Crippen molar-refractivity contribution in [2.24, 2.45) is 22.2 Å². The second-order valence-electron chi connectivity index (χ2n) is 20.1. The third-order valence-electron chi connectivity index (χ3n) is 13.1. The van der Waals surface area contributed by atoms with Crippen molar-refractivity contribution in [3.63, 3.8) is 0 Å². The number of hydrogen-bond acceptors (Lipinski definition) is 13. The van der Waals surface area contributed by atoms with Crippen molar-refractivity contribution >= 4 is 59.2 Å². The number of carboxylic acids is 1. The summed E-state index contributed by atoms with van der Waals surface area (Å²) >= 11 is 0. The van der Waals surface area contributed by atoms with Crippen LogP contribution in [0.25, 0.3) is 0 Å². The van der Waals surface area contributed by atoms with E-state index < -0.39 is 103 Å². The number of aromatic nitrogens is 2. The second-order valence-corrected chi connectivity index (χ2v) is 20.1. The van der Waals surface area contributed by atoms with Crippen molar-refractivity contribution in [1.29, 1.82) is 0 Å². The highest BCUT2D eigenvalue weighted by atomic mass is 16.4. The molecule has 0 aliphatic rings. The summed E-state index contributed by atoms with van der Waals surface area (Å²) in [7, 11) is 0. The number of carbonyl (C=O) groups is 9. The average Bonchev–Trinajstić information content (AvgIpc) is 3.95. The van der Waals surface area contributed by atoms with Crippen molar-refractivity contribution in [3.8, 4) is 0 Å². The first-order valence-electron chi connectivity index (χ1n) is 28.4. The fourth-order valence-corrected chi connectivity index (χ4v) is 8.54. The number of aliphatic hydroxyl groups excluding tert-OH is 1. The van der Waals surface area contributed by atoms with Crippen molar-refractivity contribution in [1.82, 2.24) is 52.5 Å². The van der Waals surface area contributed by atoms with Crippen molar-refractivity contribution < 1.29 is 53.4 Å². The van der Waals surface area contributed by atoms with Gasteiger partial charge in [0.15, 0.2) is 5.96 Å². The largest absolute Gasteiger partial charge is 0.481 e. The molecule has 1 aromatic heterocycles. The summed E-state index contributed by atoms with van der Waals surface area (Å²) in [6.07, 6.45) is 19.2. The molecule has 2 aromatic rings. The molecule has 0 spiro atoms. The molecule has 0 unspecified atom stereocenters. The van der Waals surface area contributed by atoms with Gasteiger partial charge in [-0.15, -0.1) is 0 Å². The number of H-pyrrole nitrogens is 1. The van der Waals surface area contributed by atoms with Gasteiger partial charge < -0.3 is 74.9 Å². The van der Waals surface area contributed by atoms with Crippen molar-refractivity contribution in [3.05, 3.63) is 54.1 Å². The van der Waals surface area contributed by atoms with Crippen LogP contribution >= 0.6 is 0 Å². The zero-order chi connectivity index (χ0) is 58.9. The first-order chi connectivity index (χ1) is 38.4. The number of aliphatic carboxylic acids is 1. The first-order valence-corrected chi connectivity index (χ1v) is 28.4. The molecule has 1 heterocycles. The lowest BCUT2D eigenvalue weighted by Crippen LogP contribution is -2.59. The Kier molecular flexibility index (Phi) is 36.1. The number of unbranched alkanes of at least 4 members (excludes halogenated alkanes) is 13. The summed E-state index contributed by atoms with van der Waals surface area (Å²) in [4.78, 5) is 130. The summed E-state index contributed by atoms with van der Waals surface area (Å²) in [5, 5.41) is 39.8. The van der Waals surface area contributed by atoms with Gasteiger partial charge in [-0.2, -0.15) is 0 Å². The fourth-order valence-electron chi connectivity index (χ4n) is 8.54. The maximum Gasteiger partial charge on any atom is 0.303 e. The van der Waals surface area contributed by atoms with E-state index >= 15 is 0 Å². The Balaban J connectivity index is 2.13. The number of imidazole rings is 1. The quantitative estimate of drug-likeness (QED) is 0.0249. The van der Waals surface area contributed by atoms with E-state index in [4.69, 9.17) is 22.3 Å². The van der Waals surface area contributed by atoms with Gasteiger partial charge in [0.05, 0.1) is 26.0 Å². The lowest BCUT2D eigenvalue weighted by molar-refractivity contribution is -0.137. The number of aliphatic imine (C=N–C) groups is 1. The third kappa shape index (κ3) is 32.1.